The van der Waals surface area contributed by atoms with Crippen molar-refractivity contribution in [3.8, 4) is 0 Å². The van der Waals surface area contributed by atoms with Crippen LogP contribution >= 0.6 is 11.6 Å². The second kappa shape index (κ2) is 5.85. The summed E-state index contributed by atoms with van der Waals surface area (Å²) in [6.45, 7) is 0.753. The number of hydrogen-bond acceptors (Lipinski definition) is 3. The third-order valence-corrected chi connectivity index (χ3v) is 3.03. The Bertz CT molecular complexity index is 516. The average Bonchev–Trinajstić information content (AvgIpc) is 2.40. The third-order valence-electron chi connectivity index (χ3n) is 2.80. The average molecular weight is 263 g/mol. The molecule has 0 fully saturated rings. The van der Waals surface area contributed by atoms with E-state index < -0.39 is 0 Å². The summed E-state index contributed by atoms with van der Waals surface area (Å²) in [5, 5.41) is 10.0. The van der Waals surface area contributed by atoms with Crippen molar-refractivity contribution in [2.45, 2.75) is 13.2 Å². The Hall–Kier alpha value is -1.58. The Morgan fingerprint density at radius 3 is 2.61 bits per heavy atom. The van der Waals surface area contributed by atoms with Crippen molar-refractivity contribution in [3.63, 3.8) is 0 Å². The molecule has 1 heterocycles. The molecule has 0 atom stereocenters. The maximum absolute atomic E-state index is 9.34. The van der Waals surface area contributed by atoms with Crippen molar-refractivity contribution in [1.82, 2.24) is 4.98 Å². The van der Waals surface area contributed by atoms with Gasteiger partial charge in [-0.05, 0) is 29.8 Å². The molecule has 1 aromatic carbocycles. The van der Waals surface area contributed by atoms with Gasteiger partial charge in [-0.25, -0.2) is 0 Å². The fourth-order valence-corrected chi connectivity index (χ4v) is 2.04. The summed E-state index contributed by atoms with van der Waals surface area (Å²) in [5.41, 5.74) is 2.98. The fourth-order valence-electron chi connectivity index (χ4n) is 1.87. The first-order valence-corrected chi connectivity index (χ1v) is 6.08. The van der Waals surface area contributed by atoms with Gasteiger partial charge in [0.2, 0.25) is 0 Å². The van der Waals surface area contributed by atoms with E-state index >= 15 is 0 Å². The van der Waals surface area contributed by atoms with Crippen LogP contribution < -0.4 is 4.90 Å². The normalized spacial score (nSPS) is 10.4. The molecule has 0 unspecified atom stereocenters. The molecular weight excluding hydrogens is 248 g/mol. The molecule has 2 aromatic rings. The van der Waals surface area contributed by atoms with Gasteiger partial charge in [-0.1, -0.05) is 17.7 Å². The number of pyridine rings is 1. The van der Waals surface area contributed by atoms with Crippen LogP contribution in [0.5, 0.6) is 0 Å². The summed E-state index contributed by atoms with van der Waals surface area (Å²) >= 11 is 6.00. The van der Waals surface area contributed by atoms with Crippen LogP contribution in [0, 0.1) is 0 Å². The summed E-state index contributed by atoms with van der Waals surface area (Å²) in [7, 11) is 1.98. The van der Waals surface area contributed by atoms with E-state index in [4.69, 9.17) is 11.6 Å². The van der Waals surface area contributed by atoms with E-state index in [1.54, 1.807) is 18.5 Å². The maximum atomic E-state index is 9.34. The van der Waals surface area contributed by atoms with Crippen molar-refractivity contribution in [1.29, 1.82) is 0 Å². The van der Waals surface area contributed by atoms with Gasteiger partial charge in [-0.2, -0.15) is 0 Å². The van der Waals surface area contributed by atoms with Crippen LogP contribution in [0.1, 0.15) is 11.1 Å². The predicted molar refractivity (Wildman–Crippen MR) is 73.7 cm³/mol. The molecule has 18 heavy (non-hydrogen) atoms. The molecule has 0 saturated heterocycles. The van der Waals surface area contributed by atoms with Gasteiger partial charge in [0.15, 0.2) is 0 Å². The van der Waals surface area contributed by atoms with E-state index in [0.29, 0.717) is 5.02 Å². The third kappa shape index (κ3) is 3.00. The van der Waals surface area contributed by atoms with E-state index in [1.165, 1.54) is 0 Å². The molecule has 0 aliphatic heterocycles. The van der Waals surface area contributed by atoms with E-state index in [0.717, 1.165) is 23.4 Å². The summed E-state index contributed by atoms with van der Waals surface area (Å²) in [5.74, 6) is 0. The first-order chi connectivity index (χ1) is 8.70. The summed E-state index contributed by atoms with van der Waals surface area (Å²) < 4.78 is 0. The first kappa shape index (κ1) is 12.9. The minimum atomic E-state index is 0.00713. The van der Waals surface area contributed by atoms with Crippen LogP contribution in [0.15, 0.2) is 42.7 Å². The van der Waals surface area contributed by atoms with E-state index in [1.807, 2.05) is 31.3 Å². The minimum absolute atomic E-state index is 0.00713. The SMILES string of the molecule is CN(Cc1ccncc1)c1cc(Cl)ccc1CO. The first-order valence-electron chi connectivity index (χ1n) is 5.70. The number of benzene rings is 1. The maximum Gasteiger partial charge on any atom is 0.0702 e. The lowest BCUT2D eigenvalue weighted by atomic mass is 10.1. The molecule has 1 N–H and O–H groups in total. The quantitative estimate of drug-likeness (QED) is 0.921. The van der Waals surface area contributed by atoms with Gasteiger partial charge in [0.25, 0.3) is 0 Å². The molecule has 0 spiro atoms. The lowest BCUT2D eigenvalue weighted by molar-refractivity contribution is 0.282. The molecule has 0 radical (unpaired) electrons. The van der Waals surface area contributed by atoms with Gasteiger partial charge >= 0.3 is 0 Å². The largest absolute Gasteiger partial charge is 0.392 e. The molecule has 2 rings (SSSR count). The number of aliphatic hydroxyl groups is 1. The lowest BCUT2D eigenvalue weighted by Crippen LogP contribution is -2.18. The molecule has 4 heteroatoms. The highest BCUT2D eigenvalue weighted by Gasteiger charge is 2.08. The van der Waals surface area contributed by atoms with Crippen molar-refractivity contribution < 1.29 is 5.11 Å². The van der Waals surface area contributed by atoms with E-state index in [-0.39, 0.29) is 6.61 Å². The van der Waals surface area contributed by atoms with Crippen LogP contribution in [0.3, 0.4) is 0 Å². The molecule has 0 aliphatic rings. The summed E-state index contributed by atoms with van der Waals surface area (Å²) in [6.07, 6.45) is 3.54. The highest BCUT2D eigenvalue weighted by Crippen LogP contribution is 2.25. The van der Waals surface area contributed by atoms with Crippen molar-refractivity contribution in [3.05, 3.63) is 58.9 Å². The Balaban J connectivity index is 2.23. The minimum Gasteiger partial charge on any atom is -0.392 e. The Morgan fingerprint density at radius 1 is 1.22 bits per heavy atom. The molecule has 0 bridgehead atoms. The van der Waals surface area contributed by atoms with Crippen LogP contribution in [-0.2, 0) is 13.2 Å². The van der Waals surface area contributed by atoms with Crippen molar-refractivity contribution in [2.24, 2.45) is 0 Å². The van der Waals surface area contributed by atoms with Crippen molar-refractivity contribution in [2.75, 3.05) is 11.9 Å². The number of rotatable bonds is 4. The topological polar surface area (TPSA) is 36.4 Å². The number of aromatic nitrogens is 1. The van der Waals surface area contributed by atoms with Crippen LogP contribution in [-0.4, -0.2) is 17.1 Å². The number of anilines is 1. The highest BCUT2D eigenvalue weighted by molar-refractivity contribution is 6.30. The van der Waals surface area contributed by atoms with Crippen LogP contribution in [0.4, 0.5) is 5.69 Å². The number of aliphatic hydroxyl groups excluding tert-OH is 1. The Morgan fingerprint density at radius 2 is 1.94 bits per heavy atom. The molecular formula is C14H15ClN2O. The molecule has 1 aromatic heterocycles. The molecule has 0 amide bonds. The summed E-state index contributed by atoms with van der Waals surface area (Å²) in [4.78, 5) is 6.06. The second-order valence-corrected chi connectivity index (χ2v) is 4.58. The standard InChI is InChI=1S/C14H15ClN2O/c1-17(9-11-4-6-16-7-5-11)14-8-13(15)3-2-12(14)10-18/h2-8,18H,9-10H2,1H3. The van der Waals surface area contributed by atoms with Crippen LogP contribution in [0.25, 0.3) is 0 Å². The molecule has 3 nitrogen and oxygen atoms in total. The van der Waals surface area contributed by atoms with Gasteiger partial charge < -0.3 is 10.0 Å². The Kier molecular flexibility index (Phi) is 4.18. The second-order valence-electron chi connectivity index (χ2n) is 4.14. The fraction of sp³-hybridized carbons (Fsp3) is 0.214. The van der Waals surface area contributed by atoms with E-state index in [9.17, 15) is 5.11 Å². The summed E-state index contributed by atoms with van der Waals surface area (Å²) in [6, 6.07) is 9.45. The highest BCUT2D eigenvalue weighted by atomic mass is 35.5. The molecule has 0 saturated carbocycles. The van der Waals surface area contributed by atoms with Crippen molar-refractivity contribution >= 4 is 17.3 Å². The van der Waals surface area contributed by atoms with Gasteiger partial charge in [0.1, 0.15) is 0 Å². The zero-order valence-electron chi connectivity index (χ0n) is 10.2. The monoisotopic (exact) mass is 262 g/mol. The number of halogens is 1. The zero-order valence-corrected chi connectivity index (χ0v) is 10.9. The van der Waals surface area contributed by atoms with Gasteiger partial charge in [-0.3, -0.25) is 4.98 Å². The van der Waals surface area contributed by atoms with Gasteiger partial charge in [-0.15, -0.1) is 0 Å². The number of hydrogen-bond donors (Lipinski definition) is 1. The molecule has 94 valence electrons. The zero-order chi connectivity index (χ0) is 13.0. The smallest absolute Gasteiger partial charge is 0.0702 e. The van der Waals surface area contributed by atoms with Gasteiger partial charge in [0.05, 0.1) is 6.61 Å². The lowest BCUT2D eigenvalue weighted by Gasteiger charge is -2.22. The van der Waals surface area contributed by atoms with Gasteiger partial charge in [0, 0.05) is 42.3 Å². The predicted octanol–water partition coefficient (Wildman–Crippen LogP) is 2.86. The Labute approximate surface area is 112 Å². The van der Waals surface area contributed by atoms with E-state index in [2.05, 4.69) is 9.88 Å². The number of nitrogens with zero attached hydrogens (tertiary/aromatic N) is 2. The van der Waals surface area contributed by atoms with Crippen LogP contribution in [0.2, 0.25) is 5.02 Å². The molecule has 0 aliphatic carbocycles.